The number of pyridine rings is 1. The van der Waals surface area contributed by atoms with Gasteiger partial charge in [0.1, 0.15) is 11.9 Å². The first-order chi connectivity index (χ1) is 21.0. The molecule has 6 rings (SSSR count). The molecule has 2 fully saturated rings. The molecule has 0 spiro atoms. The van der Waals surface area contributed by atoms with Gasteiger partial charge in [0.15, 0.2) is 5.82 Å². The molecule has 1 saturated carbocycles. The number of fused-ring (bicyclic) bond motifs is 1. The predicted octanol–water partition coefficient (Wildman–Crippen LogP) is 4.62. The molecule has 1 saturated heterocycles. The SMILES string of the molecule is CN(CCc1ccncc1)C(=O)C1CCC(Oc2cc(-n3c(C(F)F)nc4ccccc43)nc(N3CCOCC3)n2)CC1. The summed E-state index contributed by atoms with van der Waals surface area (Å²) in [7, 11) is 1.86. The summed E-state index contributed by atoms with van der Waals surface area (Å²) in [5.41, 5.74) is 2.14. The lowest BCUT2D eigenvalue weighted by Crippen LogP contribution is -2.38. The monoisotopic (exact) mass is 591 g/mol. The number of carbonyl (C=O) groups excluding carboxylic acids is 1. The Morgan fingerprint density at radius 1 is 1.05 bits per heavy atom. The number of halogens is 2. The van der Waals surface area contributed by atoms with Gasteiger partial charge in [0.2, 0.25) is 17.7 Å². The van der Waals surface area contributed by atoms with Gasteiger partial charge in [-0.15, -0.1) is 0 Å². The summed E-state index contributed by atoms with van der Waals surface area (Å²) in [4.78, 5) is 34.5. The van der Waals surface area contributed by atoms with E-state index in [1.54, 1.807) is 42.7 Å². The number of alkyl halides is 2. The summed E-state index contributed by atoms with van der Waals surface area (Å²) in [6.45, 7) is 2.86. The number of likely N-dealkylation sites (N-methyl/N-ethyl adjacent to an activating group) is 1. The van der Waals surface area contributed by atoms with Crippen molar-refractivity contribution in [2.45, 2.75) is 44.6 Å². The molecule has 10 nitrogen and oxygen atoms in total. The van der Waals surface area contributed by atoms with Crippen molar-refractivity contribution < 1.29 is 23.0 Å². The molecule has 0 N–H and O–H groups in total. The van der Waals surface area contributed by atoms with Crippen LogP contribution in [0.2, 0.25) is 0 Å². The first-order valence-electron chi connectivity index (χ1n) is 14.7. The molecule has 1 aromatic carbocycles. The van der Waals surface area contributed by atoms with E-state index < -0.39 is 6.43 Å². The zero-order valence-corrected chi connectivity index (χ0v) is 24.1. The molecule has 1 amide bonds. The van der Waals surface area contributed by atoms with E-state index in [1.165, 1.54) is 4.57 Å². The van der Waals surface area contributed by atoms with Crippen molar-refractivity contribution in [1.29, 1.82) is 0 Å². The van der Waals surface area contributed by atoms with Gasteiger partial charge in [-0.05, 0) is 61.9 Å². The van der Waals surface area contributed by atoms with Crippen LogP contribution in [0.3, 0.4) is 0 Å². The molecule has 3 aromatic heterocycles. The molecule has 43 heavy (non-hydrogen) atoms. The van der Waals surface area contributed by atoms with Gasteiger partial charge in [0, 0.05) is 51.1 Å². The average molecular weight is 592 g/mol. The van der Waals surface area contributed by atoms with Gasteiger partial charge in [0.05, 0.1) is 24.2 Å². The highest BCUT2D eigenvalue weighted by Crippen LogP contribution is 2.32. The second kappa shape index (κ2) is 13.0. The van der Waals surface area contributed by atoms with Gasteiger partial charge in [-0.1, -0.05) is 12.1 Å². The minimum Gasteiger partial charge on any atom is -0.474 e. The Hall–Kier alpha value is -4.19. The molecule has 0 radical (unpaired) electrons. The fourth-order valence-corrected chi connectivity index (χ4v) is 5.78. The number of amides is 1. The maximum absolute atomic E-state index is 14.2. The number of rotatable bonds is 9. The van der Waals surface area contributed by atoms with Crippen LogP contribution in [0.1, 0.15) is 43.5 Å². The van der Waals surface area contributed by atoms with Crippen LogP contribution in [-0.2, 0) is 16.0 Å². The summed E-state index contributed by atoms with van der Waals surface area (Å²) in [6.07, 6.45) is 4.16. The molecule has 1 aliphatic heterocycles. The summed E-state index contributed by atoms with van der Waals surface area (Å²) in [6, 6.07) is 12.5. The summed E-state index contributed by atoms with van der Waals surface area (Å²) < 4.78 is 41.6. The summed E-state index contributed by atoms with van der Waals surface area (Å²) in [5.74, 6) is 0.694. The van der Waals surface area contributed by atoms with Crippen LogP contribution < -0.4 is 9.64 Å². The third kappa shape index (κ3) is 6.58. The largest absolute Gasteiger partial charge is 0.474 e. The maximum Gasteiger partial charge on any atom is 0.296 e. The Balaban J connectivity index is 1.18. The van der Waals surface area contributed by atoms with Crippen LogP contribution in [0.25, 0.3) is 16.9 Å². The Kier molecular flexibility index (Phi) is 8.73. The fourth-order valence-electron chi connectivity index (χ4n) is 5.78. The lowest BCUT2D eigenvalue weighted by Gasteiger charge is -2.31. The number of morpholine rings is 1. The van der Waals surface area contributed by atoms with Crippen LogP contribution in [0, 0.1) is 5.92 Å². The highest BCUT2D eigenvalue weighted by atomic mass is 19.3. The van der Waals surface area contributed by atoms with Crippen molar-refractivity contribution >= 4 is 22.9 Å². The molecule has 0 unspecified atom stereocenters. The lowest BCUT2D eigenvalue weighted by atomic mass is 9.86. The van der Waals surface area contributed by atoms with Crippen LogP contribution in [0.4, 0.5) is 14.7 Å². The van der Waals surface area contributed by atoms with E-state index >= 15 is 0 Å². The Bertz CT molecular complexity index is 1540. The molecule has 2 aliphatic rings. The smallest absolute Gasteiger partial charge is 0.296 e. The number of ether oxygens (including phenoxy) is 2. The number of hydrogen-bond donors (Lipinski definition) is 0. The van der Waals surface area contributed by atoms with E-state index in [0.29, 0.717) is 81.4 Å². The van der Waals surface area contributed by atoms with Crippen molar-refractivity contribution in [3.05, 3.63) is 66.2 Å². The molecule has 0 bridgehead atoms. The van der Waals surface area contributed by atoms with Crippen molar-refractivity contribution in [3.63, 3.8) is 0 Å². The number of aromatic nitrogens is 5. The van der Waals surface area contributed by atoms with Gasteiger partial charge in [-0.25, -0.2) is 13.8 Å². The number of para-hydroxylation sites is 2. The Labute approximate surface area is 248 Å². The van der Waals surface area contributed by atoms with Crippen LogP contribution in [0.5, 0.6) is 5.88 Å². The van der Waals surface area contributed by atoms with E-state index in [-0.39, 0.29) is 29.6 Å². The molecule has 4 heterocycles. The number of anilines is 1. The molecular weight excluding hydrogens is 556 g/mol. The van der Waals surface area contributed by atoms with Gasteiger partial charge in [-0.2, -0.15) is 9.97 Å². The van der Waals surface area contributed by atoms with E-state index in [4.69, 9.17) is 14.5 Å². The molecular formula is C31H35F2N7O3. The molecule has 0 atom stereocenters. The highest BCUT2D eigenvalue weighted by Gasteiger charge is 2.30. The normalized spacial score (nSPS) is 19.1. The second-order valence-corrected chi connectivity index (χ2v) is 11.0. The maximum atomic E-state index is 14.2. The molecule has 1 aliphatic carbocycles. The minimum absolute atomic E-state index is 0.0573. The predicted molar refractivity (Wildman–Crippen MR) is 157 cm³/mol. The summed E-state index contributed by atoms with van der Waals surface area (Å²) in [5, 5.41) is 0. The quantitative estimate of drug-likeness (QED) is 0.278. The van der Waals surface area contributed by atoms with Gasteiger partial charge in [-0.3, -0.25) is 14.3 Å². The molecule has 226 valence electrons. The van der Waals surface area contributed by atoms with Crippen molar-refractivity contribution in [3.8, 4) is 11.7 Å². The van der Waals surface area contributed by atoms with Crippen LogP contribution in [-0.4, -0.2) is 81.3 Å². The standard InChI is InChI=1S/C31H35F2N7O3/c1-38(15-12-21-10-13-34-14-11-21)30(41)22-6-8-23(9-7-22)43-27-20-26(36-31(37-27)39-16-18-42-19-17-39)40-25-5-3-2-4-24(25)35-29(40)28(32)33/h2-5,10-11,13-14,20,22-23,28H,6-9,12,15-19H2,1H3. The molecule has 12 heteroatoms. The first kappa shape index (κ1) is 28.9. The van der Waals surface area contributed by atoms with E-state index in [9.17, 15) is 13.6 Å². The number of carbonyl (C=O) groups is 1. The van der Waals surface area contributed by atoms with Gasteiger partial charge in [0.25, 0.3) is 6.43 Å². The lowest BCUT2D eigenvalue weighted by molar-refractivity contribution is -0.135. The van der Waals surface area contributed by atoms with Gasteiger partial charge < -0.3 is 19.3 Å². The van der Waals surface area contributed by atoms with Crippen LogP contribution >= 0.6 is 0 Å². The number of benzene rings is 1. The van der Waals surface area contributed by atoms with Crippen molar-refractivity contribution in [2.75, 3.05) is 44.8 Å². The highest BCUT2D eigenvalue weighted by molar-refractivity contribution is 5.79. The van der Waals surface area contributed by atoms with E-state index in [0.717, 1.165) is 12.0 Å². The Morgan fingerprint density at radius 3 is 2.53 bits per heavy atom. The zero-order valence-electron chi connectivity index (χ0n) is 24.1. The first-order valence-corrected chi connectivity index (χ1v) is 14.7. The van der Waals surface area contributed by atoms with E-state index in [2.05, 4.69) is 15.0 Å². The minimum atomic E-state index is -2.80. The zero-order chi connectivity index (χ0) is 29.8. The fraction of sp³-hybridized carbons (Fsp3) is 0.452. The average Bonchev–Trinajstić information content (AvgIpc) is 3.45. The topological polar surface area (TPSA) is 98.5 Å². The number of hydrogen-bond acceptors (Lipinski definition) is 8. The number of imidazole rings is 1. The Morgan fingerprint density at radius 2 is 1.79 bits per heavy atom. The second-order valence-electron chi connectivity index (χ2n) is 11.0. The van der Waals surface area contributed by atoms with Crippen LogP contribution in [0.15, 0.2) is 54.9 Å². The van der Waals surface area contributed by atoms with Gasteiger partial charge >= 0.3 is 0 Å². The third-order valence-corrected chi connectivity index (χ3v) is 8.15. The third-order valence-electron chi connectivity index (χ3n) is 8.15. The van der Waals surface area contributed by atoms with Crippen molar-refractivity contribution in [2.24, 2.45) is 5.92 Å². The number of nitrogens with zero attached hydrogens (tertiary/aromatic N) is 7. The summed E-state index contributed by atoms with van der Waals surface area (Å²) >= 11 is 0. The molecule has 4 aromatic rings. The van der Waals surface area contributed by atoms with E-state index in [1.807, 2.05) is 29.0 Å². The van der Waals surface area contributed by atoms with Crippen molar-refractivity contribution in [1.82, 2.24) is 29.4 Å².